The van der Waals surface area contributed by atoms with Gasteiger partial charge in [-0.05, 0) is 36.4 Å². The van der Waals surface area contributed by atoms with Crippen LogP contribution in [-0.2, 0) is 19.4 Å². The molecule has 2 amide bonds. The van der Waals surface area contributed by atoms with Gasteiger partial charge in [-0.3, -0.25) is 14.9 Å². The maximum absolute atomic E-state index is 12.8. The molecule has 8 nitrogen and oxygen atoms in total. The predicted molar refractivity (Wildman–Crippen MR) is 111 cm³/mol. The van der Waals surface area contributed by atoms with Crippen LogP contribution in [0.3, 0.4) is 0 Å². The fourth-order valence-corrected chi connectivity index (χ4v) is 5.05. The van der Waals surface area contributed by atoms with Crippen LogP contribution in [0.15, 0.2) is 59.5 Å². The minimum atomic E-state index is -3.85. The van der Waals surface area contributed by atoms with Crippen molar-refractivity contribution in [3.8, 4) is 5.75 Å². The van der Waals surface area contributed by atoms with Crippen LogP contribution in [0.25, 0.3) is 0 Å². The highest BCUT2D eigenvalue weighted by atomic mass is 32.2. The minimum absolute atomic E-state index is 0.0435. The lowest BCUT2D eigenvalue weighted by atomic mass is 10.3. The second-order valence-electron chi connectivity index (χ2n) is 6.23. The number of carbonyl (C=O) groups excluding carboxylic acids is 2. The third-order valence-electron chi connectivity index (χ3n) is 4.26. The number of para-hydroxylation sites is 1. The van der Waals surface area contributed by atoms with Crippen molar-refractivity contribution in [2.75, 3.05) is 24.7 Å². The maximum atomic E-state index is 12.8. The van der Waals surface area contributed by atoms with Gasteiger partial charge in [0.1, 0.15) is 11.2 Å². The van der Waals surface area contributed by atoms with Gasteiger partial charge in [-0.15, -0.1) is 11.8 Å². The fourth-order valence-electron chi connectivity index (χ4n) is 2.74. The number of amides is 2. The zero-order valence-corrected chi connectivity index (χ0v) is 17.3. The summed E-state index contributed by atoms with van der Waals surface area (Å²) >= 11 is 1.18. The van der Waals surface area contributed by atoms with Crippen LogP contribution in [0.5, 0.6) is 5.75 Å². The van der Waals surface area contributed by atoms with Crippen molar-refractivity contribution in [3.05, 3.63) is 54.6 Å². The predicted octanol–water partition coefficient (Wildman–Crippen LogP) is 1.21. The van der Waals surface area contributed by atoms with Gasteiger partial charge in [0.05, 0.1) is 17.8 Å². The van der Waals surface area contributed by atoms with E-state index in [2.05, 4.69) is 16.0 Å². The standard InChI is InChI=1S/C19H21N3O5S2/c1-27-14-7-9-15(10-8-14)29(25,26)16-11-20-19(22-18(16)24)28-12-17(23)21-13-5-3-2-4-6-13/h2-10,16,19-20H,11-12H2,1H3,(H,21,23)(H,22,24). The molecule has 1 heterocycles. The molecule has 2 aromatic carbocycles. The average Bonchev–Trinajstić information content (AvgIpc) is 2.73. The van der Waals surface area contributed by atoms with Crippen LogP contribution in [-0.4, -0.2) is 50.4 Å². The molecule has 0 spiro atoms. The molecule has 154 valence electrons. The molecular formula is C19H21N3O5S2. The number of sulfone groups is 1. The number of hydrogen-bond donors (Lipinski definition) is 3. The molecule has 10 heteroatoms. The molecule has 1 aliphatic rings. The first kappa shape index (κ1) is 21.2. The van der Waals surface area contributed by atoms with Gasteiger partial charge >= 0.3 is 0 Å². The first-order valence-corrected chi connectivity index (χ1v) is 11.4. The summed E-state index contributed by atoms with van der Waals surface area (Å²) in [5.74, 6) is -0.186. The molecule has 1 aliphatic heterocycles. The average molecular weight is 436 g/mol. The summed E-state index contributed by atoms with van der Waals surface area (Å²) in [6.07, 6.45) is 0. The van der Waals surface area contributed by atoms with E-state index in [9.17, 15) is 18.0 Å². The van der Waals surface area contributed by atoms with E-state index in [1.54, 1.807) is 12.1 Å². The summed E-state index contributed by atoms with van der Waals surface area (Å²) in [5, 5.41) is 7.08. The molecule has 0 radical (unpaired) electrons. The van der Waals surface area contributed by atoms with Gasteiger partial charge in [0.25, 0.3) is 0 Å². The quantitative estimate of drug-likeness (QED) is 0.599. The smallest absolute Gasteiger partial charge is 0.241 e. The Hall–Kier alpha value is -2.56. The topological polar surface area (TPSA) is 114 Å². The number of hydrogen-bond acceptors (Lipinski definition) is 7. The van der Waals surface area contributed by atoms with Crippen LogP contribution in [0.2, 0.25) is 0 Å². The van der Waals surface area contributed by atoms with Crippen molar-refractivity contribution in [2.45, 2.75) is 15.6 Å². The van der Waals surface area contributed by atoms with Crippen LogP contribution in [0, 0.1) is 0 Å². The van der Waals surface area contributed by atoms with Crippen LogP contribution < -0.4 is 20.7 Å². The maximum Gasteiger partial charge on any atom is 0.241 e. The van der Waals surface area contributed by atoms with E-state index < -0.39 is 26.5 Å². The van der Waals surface area contributed by atoms with E-state index in [0.717, 1.165) is 0 Å². The zero-order chi connectivity index (χ0) is 20.9. The summed E-state index contributed by atoms with van der Waals surface area (Å²) < 4.78 is 30.5. The molecule has 3 rings (SSSR count). The minimum Gasteiger partial charge on any atom is -0.497 e. The van der Waals surface area contributed by atoms with Crippen molar-refractivity contribution >= 4 is 39.1 Å². The molecule has 1 fully saturated rings. The lowest BCUT2D eigenvalue weighted by Crippen LogP contribution is -2.59. The van der Waals surface area contributed by atoms with E-state index in [1.807, 2.05) is 18.2 Å². The number of nitrogens with one attached hydrogen (secondary N) is 3. The molecule has 0 aliphatic carbocycles. The molecule has 0 saturated carbocycles. The van der Waals surface area contributed by atoms with Gasteiger partial charge in [-0.25, -0.2) is 8.42 Å². The molecule has 1 saturated heterocycles. The lowest BCUT2D eigenvalue weighted by molar-refractivity contribution is -0.122. The van der Waals surface area contributed by atoms with Gasteiger partial charge in [-0.2, -0.15) is 0 Å². The lowest BCUT2D eigenvalue weighted by Gasteiger charge is -2.29. The second-order valence-corrected chi connectivity index (χ2v) is 9.46. The number of methoxy groups -OCH3 is 1. The van der Waals surface area contributed by atoms with E-state index in [0.29, 0.717) is 11.4 Å². The first-order valence-electron chi connectivity index (χ1n) is 8.78. The second kappa shape index (κ2) is 9.29. The van der Waals surface area contributed by atoms with E-state index >= 15 is 0 Å². The number of ether oxygens (including phenoxy) is 1. The largest absolute Gasteiger partial charge is 0.497 e. The summed E-state index contributed by atoms with van der Waals surface area (Å²) in [4.78, 5) is 24.5. The highest BCUT2D eigenvalue weighted by Gasteiger charge is 2.38. The Morgan fingerprint density at radius 2 is 1.86 bits per heavy atom. The summed E-state index contributed by atoms with van der Waals surface area (Å²) in [7, 11) is -2.36. The zero-order valence-electron chi connectivity index (χ0n) is 15.6. The SMILES string of the molecule is COc1ccc(S(=O)(=O)C2CNC(SCC(=O)Nc3ccccc3)NC2=O)cc1. The third kappa shape index (κ3) is 5.28. The molecule has 0 bridgehead atoms. The Bertz CT molecular complexity index is 965. The fraction of sp³-hybridized carbons (Fsp3) is 0.263. The third-order valence-corrected chi connectivity index (χ3v) is 7.36. The normalized spacial score (nSPS) is 19.3. The molecular weight excluding hydrogens is 414 g/mol. The van der Waals surface area contributed by atoms with Gasteiger partial charge in [0.2, 0.25) is 11.8 Å². The molecule has 29 heavy (non-hydrogen) atoms. The van der Waals surface area contributed by atoms with Gasteiger partial charge in [0, 0.05) is 12.2 Å². The van der Waals surface area contributed by atoms with E-state index in [-0.39, 0.29) is 23.1 Å². The summed E-state index contributed by atoms with van der Waals surface area (Å²) in [6.45, 7) is -0.0435. The molecule has 2 aromatic rings. The Balaban J connectivity index is 1.54. The number of carbonyl (C=O) groups is 2. The monoisotopic (exact) mass is 435 g/mol. The molecule has 3 N–H and O–H groups in total. The van der Waals surface area contributed by atoms with Crippen molar-refractivity contribution in [3.63, 3.8) is 0 Å². The van der Waals surface area contributed by atoms with Gasteiger partial charge in [-0.1, -0.05) is 18.2 Å². The van der Waals surface area contributed by atoms with Crippen LogP contribution >= 0.6 is 11.8 Å². The highest BCUT2D eigenvalue weighted by molar-refractivity contribution is 8.00. The first-order chi connectivity index (χ1) is 13.9. The number of rotatable bonds is 7. The van der Waals surface area contributed by atoms with Gasteiger partial charge < -0.3 is 15.4 Å². The van der Waals surface area contributed by atoms with Gasteiger partial charge in [0.15, 0.2) is 15.1 Å². The molecule has 0 aromatic heterocycles. The van der Waals surface area contributed by atoms with Crippen LogP contribution in [0.1, 0.15) is 0 Å². The number of thioether (sulfide) groups is 1. The number of benzene rings is 2. The van der Waals surface area contributed by atoms with E-state index in [4.69, 9.17) is 4.74 Å². The Kier molecular flexibility index (Phi) is 6.78. The van der Waals surface area contributed by atoms with Crippen molar-refractivity contribution in [1.82, 2.24) is 10.6 Å². The Morgan fingerprint density at radius 1 is 1.17 bits per heavy atom. The summed E-state index contributed by atoms with van der Waals surface area (Å²) in [6, 6.07) is 14.9. The van der Waals surface area contributed by atoms with Crippen molar-refractivity contribution < 1.29 is 22.7 Å². The Labute approximate surface area is 173 Å². The highest BCUT2D eigenvalue weighted by Crippen LogP contribution is 2.22. The number of anilines is 1. The van der Waals surface area contributed by atoms with Crippen molar-refractivity contribution in [1.29, 1.82) is 0 Å². The Morgan fingerprint density at radius 3 is 2.48 bits per heavy atom. The van der Waals surface area contributed by atoms with Crippen molar-refractivity contribution in [2.24, 2.45) is 0 Å². The summed E-state index contributed by atoms with van der Waals surface area (Å²) in [5.41, 5.74) is 0.135. The molecule has 2 unspecified atom stereocenters. The van der Waals surface area contributed by atoms with E-state index in [1.165, 1.54) is 43.1 Å². The van der Waals surface area contributed by atoms with Crippen LogP contribution in [0.4, 0.5) is 5.69 Å². The molecule has 2 atom stereocenters.